The van der Waals surface area contributed by atoms with Gasteiger partial charge in [-0.25, -0.2) is 0 Å². The monoisotopic (exact) mass is 477 g/mol. The number of nitrogens with zero attached hydrogens (tertiary/aromatic N) is 5. The van der Waals surface area contributed by atoms with Gasteiger partial charge in [0.1, 0.15) is 0 Å². The molecule has 0 saturated carbocycles. The van der Waals surface area contributed by atoms with Crippen LogP contribution in [0.2, 0.25) is 0 Å². The highest BCUT2D eigenvalue weighted by atomic mass is 127. The van der Waals surface area contributed by atoms with Crippen molar-refractivity contribution in [2.45, 2.75) is 32.9 Å². The topological polar surface area (TPSA) is 60.7 Å². The molecule has 1 atom stereocenters. The van der Waals surface area contributed by atoms with E-state index in [9.17, 15) is 0 Å². The summed E-state index contributed by atoms with van der Waals surface area (Å²) in [6, 6.07) is 2.49. The Balaban J connectivity index is 0.00000338. The standard InChI is InChI=1S/C18H35N7.HI/c1-16(2)17(24-13-11-23(4)12-14-24)15-21-18(19-3)20-7-5-9-25-10-6-8-22-25;/h6,8,10,16-17H,5,7,9,11-15H2,1-4H3,(H2,19,20,21);1H. The van der Waals surface area contributed by atoms with Gasteiger partial charge in [-0.05, 0) is 25.5 Å². The lowest BCUT2D eigenvalue weighted by Gasteiger charge is -2.40. The fourth-order valence-electron chi connectivity index (χ4n) is 3.24. The minimum absolute atomic E-state index is 0. The Morgan fingerprint density at radius 3 is 2.50 bits per heavy atom. The van der Waals surface area contributed by atoms with Crippen molar-refractivity contribution in [1.29, 1.82) is 0 Å². The van der Waals surface area contributed by atoms with Crippen molar-refractivity contribution in [3.8, 4) is 0 Å². The van der Waals surface area contributed by atoms with Crippen molar-refractivity contribution in [2.24, 2.45) is 10.9 Å². The normalized spacial score (nSPS) is 17.8. The molecule has 1 unspecified atom stereocenters. The summed E-state index contributed by atoms with van der Waals surface area (Å²) in [6.07, 6.45) is 4.84. The number of hydrogen-bond donors (Lipinski definition) is 2. The van der Waals surface area contributed by atoms with Crippen LogP contribution in [-0.2, 0) is 6.54 Å². The number of rotatable bonds is 8. The van der Waals surface area contributed by atoms with Gasteiger partial charge in [0.15, 0.2) is 5.96 Å². The quantitative estimate of drug-likeness (QED) is 0.256. The van der Waals surface area contributed by atoms with E-state index >= 15 is 0 Å². The van der Waals surface area contributed by atoms with Crippen molar-refractivity contribution in [1.82, 2.24) is 30.2 Å². The molecule has 0 spiro atoms. The summed E-state index contributed by atoms with van der Waals surface area (Å²) >= 11 is 0. The predicted octanol–water partition coefficient (Wildman–Crippen LogP) is 1.33. The van der Waals surface area contributed by atoms with E-state index in [1.165, 1.54) is 0 Å². The lowest BCUT2D eigenvalue weighted by Crippen LogP contribution is -2.55. The van der Waals surface area contributed by atoms with E-state index in [-0.39, 0.29) is 24.0 Å². The van der Waals surface area contributed by atoms with Crippen LogP contribution in [0, 0.1) is 5.92 Å². The van der Waals surface area contributed by atoms with E-state index < -0.39 is 0 Å². The minimum atomic E-state index is 0. The first kappa shape index (κ1) is 23.2. The highest BCUT2D eigenvalue weighted by molar-refractivity contribution is 14.0. The Labute approximate surface area is 175 Å². The molecule has 1 fully saturated rings. The first-order chi connectivity index (χ1) is 12.1. The van der Waals surface area contributed by atoms with Crippen LogP contribution >= 0.6 is 24.0 Å². The highest BCUT2D eigenvalue weighted by Gasteiger charge is 2.24. The van der Waals surface area contributed by atoms with Crippen LogP contribution in [0.25, 0.3) is 0 Å². The molecule has 2 heterocycles. The summed E-state index contributed by atoms with van der Waals surface area (Å²) in [4.78, 5) is 9.37. The van der Waals surface area contributed by atoms with Crippen LogP contribution in [0.15, 0.2) is 23.5 Å². The Kier molecular flexibility index (Phi) is 11.1. The molecule has 1 aromatic rings. The zero-order valence-corrected chi connectivity index (χ0v) is 19.0. The minimum Gasteiger partial charge on any atom is -0.356 e. The summed E-state index contributed by atoms with van der Waals surface area (Å²) in [6.45, 7) is 12.0. The lowest BCUT2D eigenvalue weighted by atomic mass is 10.0. The van der Waals surface area contributed by atoms with Crippen molar-refractivity contribution in [3.05, 3.63) is 18.5 Å². The van der Waals surface area contributed by atoms with Gasteiger partial charge in [-0.3, -0.25) is 14.6 Å². The van der Waals surface area contributed by atoms with Crippen LogP contribution in [-0.4, -0.2) is 84.9 Å². The second-order valence-corrected chi connectivity index (χ2v) is 7.15. The SMILES string of the molecule is CN=C(NCCCn1cccn1)NCC(C(C)C)N1CCN(C)CC1.I. The molecule has 7 nitrogen and oxygen atoms in total. The summed E-state index contributed by atoms with van der Waals surface area (Å²) < 4.78 is 1.96. The van der Waals surface area contributed by atoms with Crippen LogP contribution in [0.4, 0.5) is 0 Å². The zero-order valence-electron chi connectivity index (χ0n) is 16.7. The van der Waals surface area contributed by atoms with Gasteiger partial charge in [0.05, 0.1) is 0 Å². The fraction of sp³-hybridized carbons (Fsp3) is 0.778. The summed E-state index contributed by atoms with van der Waals surface area (Å²) in [5.41, 5.74) is 0. The first-order valence-corrected chi connectivity index (χ1v) is 9.44. The smallest absolute Gasteiger partial charge is 0.191 e. The number of halogens is 1. The first-order valence-electron chi connectivity index (χ1n) is 9.44. The van der Waals surface area contributed by atoms with E-state index in [0.717, 1.165) is 58.2 Å². The molecule has 26 heavy (non-hydrogen) atoms. The number of nitrogens with one attached hydrogen (secondary N) is 2. The Morgan fingerprint density at radius 1 is 1.19 bits per heavy atom. The molecule has 1 aromatic heterocycles. The maximum Gasteiger partial charge on any atom is 0.191 e. The van der Waals surface area contributed by atoms with Gasteiger partial charge in [0.25, 0.3) is 0 Å². The molecule has 1 saturated heterocycles. The molecule has 0 amide bonds. The molecular weight excluding hydrogens is 441 g/mol. The number of guanidine groups is 1. The van der Waals surface area contributed by atoms with Gasteiger partial charge in [-0.2, -0.15) is 5.10 Å². The van der Waals surface area contributed by atoms with Gasteiger partial charge in [-0.15, -0.1) is 24.0 Å². The van der Waals surface area contributed by atoms with Crippen molar-refractivity contribution in [2.75, 3.05) is 53.4 Å². The number of hydrogen-bond acceptors (Lipinski definition) is 4. The molecule has 2 rings (SSSR count). The average molecular weight is 477 g/mol. The number of aliphatic imine (C=N–C) groups is 1. The molecule has 2 N–H and O–H groups in total. The van der Waals surface area contributed by atoms with E-state index in [2.05, 4.69) is 51.4 Å². The van der Waals surface area contributed by atoms with Crippen LogP contribution in [0.5, 0.6) is 0 Å². The molecule has 0 aromatic carbocycles. The number of likely N-dealkylation sites (N-methyl/N-ethyl adjacent to an activating group) is 1. The largest absolute Gasteiger partial charge is 0.356 e. The van der Waals surface area contributed by atoms with Gasteiger partial charge < -0.3 is 15.5 Å². The number of aryl methyl sites for hydroxylation is 1. The lowest BCUT2D eigenvalue weighted by molar-refractivity contribution is 0.0900. The summed E-state index contributed by atoms with van der Waals surface area (Å²) in [7, 11) is 4.04. The predicted molar refractivity (Wildman–Crippen MR) is 119 cm³/mol. The molecule has 8 heteroatoms. The van der Waals surface area contributed by atoms with Crippen LogP contribution in [0.3, 0.4) is 0 Å². The Morgan fingerprint density at radius 2 is 1.92 bits per heavy atom. The van der Waals surface area contributed by atoms with Gasteiger partial charge in [0, 0.05) is 71.3 Å². The molecule has 0 bridgehead atoms. The highest BCUT2D eigenvalue weighted by Crippen LogP contribution is 2.12. The van der Waals surface area contributed by atoms with E-state index in [0.29, 0.717) is 12.0 Å². The van der Waals surface area contributed by atoms with Crippen molar-refractivity contribution in [3.63, 3.8) is 0 Å². The molecule has 150 valence electrons. The molecule has 1 aliphatic heterocycles. The summed E-state index contributed by atoms with van der Waals surface area (Å²) in [5.74, 6) is 1.51. The van der Waals surface area contributed by atoms with Crippen molar-refractivity contribution < 1.29 is 0 Å². The number of piperazine rings is 1. The van der Waals surface area contributed by atoms with E-state index in [4.69, 9.17) is 0 Å². The zero-order chi connectivity index (χ0) is 18.1. The van der Waals surface area contributed by atoms with E-state index in [1.54, 1.807) is 0 Å². The second-order valence-electron chi connectivity index (χ2n) is 7.15. The molecule has 0 aliphatic carbocycles. The average Bonchev–Trinajstić information content (AvgIpc) is 3.11. The van der Waals surface area contributed by atoms with E-state index in [1.807, 2.05) is 30.2 Å². The molecule has 0 radical (unpaired) electrons. The third-order valence-corrected chi connectivity index (χ3v) is 4.89. The Hall–Kier alpha value is -0.870. The van der Waals surface area contributed by atoms with Crippen LogP contribution in [0.1, 0.15) is 20.3 Å². The second kappa shape index (κ2) is 12.5. The third-order valence-electron chi connectivity index (χ3n) is 4.89. The van der Waals surface area contributed by atoms with Crippen molar-refractivity contribution >= 4 is 29.9 Å². The van der Waals surface area contributed by atoms with Crippen LogP contribution < -0.4 is 10.6 Å². The maximum atomic E-state index is 4.36. The maximum absolute atomic E-state index is 4.36. The van der Waals surface area contributed by atoms with Gasteiger partial charge in [-0.1, -0.05) is 13.8 Å². The summed E-state index contributed by atoms with van der Waals surface area (Å²) in [5, 5.41) is 11.1. The fourth-order valence-corrected chi connectivity index (χ4v) is 3.24. The molecule has 1 aliphatic rings. The van der Waals surface area contributed by atoms with Gasteiger partial charge in [0.2, 0.25) is 0 Å². The van der Waals surface area contributed by atoms with Gasteiger partial charge >= 0.3 is 0 Å². The Bertz CT molecular complexity index is 496. The third kappa shape index (κ3) is 7.79. The molecular formula is C18H36IN7. The number of aromatic nitrogens is 2.